The van der Waals surface area contributed by atoms with E-state index in [1.807, 2.05) is 44.4 Å². The fraction of sp³-hybridized carbons (Fsp3) is 0.271. The van der Waals surface area contributed by atoms with Gasteiger partial charge in [0, 0.05) is 17.3 Å². The summed E-state index contributed by atoms with van der Waals surface area (Å²) in [4.78, 5) is 7.62. The lowest BCUT2D eigenvalue weighted by Gasteiger charge is -2.38. The lowest BCUT2D eigenvalue weighted by molar-refractivity contribution is -0.146. The number of sulfonamides is 1. The van der Waals surface area contributed by atoms with Gasteiger partial charge in [0.15, 0.2) is 0 Å². The highest BCUT2D eigenvalue weighted by Gasteiger charge is 2.41. The molecule has 8 nitrogen and oxygen atoms in total. The van der Waals surface area contributed by atoms with Gasteiger partial charge in [-0.2, -0.15) is 4.31 Å². The van der Waals surface area contributed by atoms with E-state index in [4.69, 9.17) is 19.2 Å². The number of para-hydroxylation sites is 1. The molecular formula is C48H47N3O5S2. The number of fused-ring (bicyclic) bond motifs is 2. The molecule has 1 fully saturated rings. The Morgan fingerprint density at radius 1 is 0.810 bits per heavy atom. The van der Waals surface area contributed by atoms with Crippen LogP contribution in [0.2, 0.25) is 0 Å². The van der Waals surface area contributed by atoms with Crippen molar-refractivity contribution in [2.45, 2.75) is 68.4 Å². The van der Waals surface area contributed by atoms with Crippen LogP contribution in [0.3, 0.4) is 0 Å². The molecular weight excluding hydrogens is 763 g/mol. The van der Waals surface area contributed by atoms with E-state index in [0.717, 1.165) is 50.1 Å². The average molecular weight is 810 g/mol. The van der Waals surface area contributed by atoms with Gasteiger partial charge in [0.2, 0.25) is 15.8 Å². The first-order chi connectivity index (χ1) is 28.3. The third-order valence-corrected chi connectivity index (χ3v) is 15.0. The van der Waals surface area contributed by atoms with Gasteiger partial charge < -0.3 is 18.8 Å². The van der Waals surface area contributed by atoms with E-state index in [2.05, 4.69) is 109 Å². The van der Waals surface area contributed by atoms with Gasteiger partial charge in [-0.25, -0.2) is 13.4 Å². The third-order valence-electron chi connectivity index (χ3n) is 11.7. The van der Waals surface area contributed by atoms with Crippen molar-refractivity contribution in [1.82, 2.24) is 13.9 Å². The first kappa shape index (κ1) is 38.4. The predicted molar refractivity (Wildman–Crippen MR) is 229 cm³/mol. The average Bonchev–Trinajstić information content (AvgIpc) is 4.03. The third kappa shape index (κ3) is 6.57. The lowest BCUT2D eigenvalue weighted by Crippen LogP contribution is -2.37. The Labute approximate surface area is 344 Å². The molecule has 0 amide bonds. The molecule has 0 N–H and O–H groups in total. The van der Waals surface area contributed by atoms with Crippen LogP contribution in [0.4, 0.5) is 0 Å². The fourth-order valence-corrected chi connectivity index (χ4v) is 11.6. The molecule has 0 aliphatic carbocycles. The smallest absolute Gasteiger partial charge is 0.247 e. The van der Waals surface area contributed by atoms with Gasteiger partial charge in [-0.1, -0.05) is 123 Å². The normalized spacial score (nSPS) is 18.4. The number of rotatable bonds is 11. The van der Waals surface area contributed by atoms with Crippen molar-refractivity contribution in [2.75, 3.05) is 19.8 Å². The second-order valence-electron chi connectivity index (χ2n) is 15.2. The van der Waals surface area contributed by atoms with Gasteiger partial charge in [0.1, 0.15) is 22.3 Å². The van der Waals surface area contributed by atoms with E-state index in [0.29, 0.717) is 25.4 Å². The van der Waals surface area contributed by atoms with Crippen LogP contribution in [0.1, 0.15) is 77.1 Å². The SMILES string of the molecule is CCC(c1cc(CN2C[C@@H](CC)Oc3ccccc3S2(=O)=O)c2ncn(C(c3ccccc3)(c3ccccc3)c3ccccc3)c2c1)c1ccc(C2(C)OCCO2)s1. The van der Waals surface area contributed by atoms with Crippen molar-refractivity contribution < 1.29 is 22.6 Å². The van der Waals surface area contributed by atoms with E-state index in [1.54, 1.807) is 33.8 Å². The van der Waals surface area contributed by atoms with Crippen LogP contribution in [0.15, 0.2) is 151 Å². The Balaban J connectivity index is 1.29. The summed E-state index contributed by atoms with van der Waals surface area (Å²) in [6, 6.07) is 47.4. The summed E-state index contributed by atoms with van der Waals surface area (Å²) in [6.45, 7) is 7.68. The Morgan fingerprint density at radius 3 is 2.02 bits per heavy atom. The molecule has 7 aromatic rings. The van der Waals surface area contributed by atoms with E-state index in [1.165, 1.54) is 4.88 Å². The van der Waals surface area contributed by atoms with Crippen LogP contribution in [0, 0.1) is 0 Å². The van der Waals surface area contributed by atoms with Crippen LogP contribution in [-0.4, -0.2) is 48.1 Å². The Bertz CT molecular complexity index is 2540. The summed E-state index contributed by atoms with van der Waals surface area (Å²) in [6.07, 6.45) is 3.10. The minimum atomic E-state index is -3.94. The monoisotopic (exact) mass is 809 g/mol. The van der Waals surface area contributed by atoms with Crippen LogP contribution in [0.25, 0.3) is 11.0 Å². The molecule has 4 heterocycles. The van der Waals surface area contributed by atoms with Crippen molar-refractivity contribution in [3.8, 4) is 5.75 Å². The topological polar surface area (TPSA) is 82.9 Å². The van der Waals surface area contributed by atoms with Gasteiger partial charge >= 0.3 is 0 Å². The zero-order chi connectivity index (χ0) is 39.9. The van der Waals surface area contributed by atoms with Crippen molar-refractivity contribution in [3.63, 3.8) is 0 Å². The molecule has 296 valence electrons. The Morgan fingerprint density at radius 2 is 1.41 bits per heavy atom. The molecule has 10 heteroatoms. The van der Waals surface area contributed by atoms with E-state index in [9.17, 15) is 8.42 Å². The molecule has 2 aliphatic heterocycles. The van der Waals surface area contributed by atoms with Crippen LogP contribution >= 0.6 is 11.3 Å². The molecule has 0 saturated carbocycles. The minimum Gasteiger partial charge on any atom is -0.488 e. The summed E-state index contributed by atoms with van der Waals surface area (Å²) in [5, 5.41) is 0. The largest absolute Gasteiger partial charge is 0.488 e. The molecule has 1 saturated heterocycles. The van der Waals surface area contributed by atoms with Crippen molar-refractivity contribution in [3.05, 3.63) is 183 Å². The molecule has 2 aliphatic rings. The standard InChI is InChI=1S/C48H47N3O5S2/c1-4-39-32-50(58(52,53)44-24-16-15-23-42(44)56-39)31-35-29-34(40(5-2)43-25-26-45(57-43)47(3)54-27-28-55-47)30-41-46(35)49-33-51(41)48(36-17-9-6-10-18-36,37-19-11-7-12-20-37)38-21-13-8-14-22-38/h6-26,29-30,33,39-40H,4-5,27-28,31-32H2,1-3H3/t39-,40?/m1/s1. The van der Waals surface area contributed by atoms with E-state index in [-0.39, 0.29) is 30.0 Å². The molecule has 5 aromatic carbocycles. The number of hydrogen-bond acceptors (Lipinski definition) is 7. The van der Waals surface area contributed by atoms with Crippen molar-refractivity contribution in [2.24, 2.45) is 0 Å². The number of imidazole rings is 1. The zero-order valence-corrected chi connectivity index (χ0v) is 34.6. The summed E-state index contributed by atoms with van der Waals surface area (Å²) in [7, 11) is -3.94. The number of aromatic nitrogens is 2. The minimum absolute atomic E-state index is 0.00280. The second kappa shape index (κ2) is 15.6. The molecule has 0 radical (unpaired) electrons. The number of ether oxygens (including phenoxy) is 3. The molecule has 1 unspecified atom stereocenters. The van der Waals surface area contributed by atoms with Gasteiger partial charge in [-0.05, 0) is 77.9 Å². The maximum atomic E-state index is 14.6. The summed E-state index contributed by atoms with van der Waals surface area (Å²) >= 11 is 1.71. The highest BCUT2D eigenvalue weighted by atomic mass is 32.2. The fourth-order valence-electron chi connectivity index (χ4n) is 8.79. The van der Waals surface area contributed by atoms with Crippen LogP contribution in [-0.2, 0) is 37.4 Å². The molecule has 9 rings (SSSR count). The molecule has 2 atom stereocenters. The van der Waals surface area contributed by atoms with E-state index < -0.39 is 21.3 Å². The number of thiophene rings is 1. The van der Waals surface area contributed by atoms with Crippen molar-refractivity contribution in [1.29, 1.82) is 0 Å². The Kier molecular flexibility index (Phi) is 10.3. The van der Waals surface area contributed by atoms with Gasteiger partial charge in [-0.3, -0.25) is 0 Å². The van der Waals surface area contributed by atoms with Gasteiger partial charge in [0.25, 0.3) is 0 Å². The van der Waals surface area contributed by atoms with Gasteiger partial charge in [0.05, 0.1) is 42.0 Å². The first-order valence-electron chi connectivity index (χ1n) is 20.1. The Hall–Kier alpha value is -5.10. The quantitative estimate of drug-likeness (QED) is 0.121. The van der Waals surface area contributed by atoms with Gasteiger partial charge in [-0.15, -0.1) is 11.3 Å². The zero-order valence-electron chi connectivity index (χ0n) is 33.0. The highest BCUT2D eigenvalue weighted by molar-refractivity contribution is 7.89. The van der Waals surface area contributed by atoms with Crippen LogP contribution < -0.4 is 4.74 Å². The maximum Gasteiger partial charge on any atom is 0.247 e. The number of benzene rings is 5. The molecule has 58 heavy (non-hydrogen) atoms. The lowest BCUT2D eigenvalue weighted by atomic mass is 9.76. The molecule has 2 aromatic heterocycles. The highest BCUT2D eigenvalue weighted by Crippen LogP contribution is 2.46. The molecule has 0 spiro atoms. The summed E-state index contributed by atoms with van der Waals surface area (Å²) in [5.74, 6) is -0.380. The van der Waals surface area contributed by atoms with Crippen LogP contribution in [0.5, 0.6) is 5.75 Å². The van der Waals surface area contributed by atoms with Crippen molar-refractivity contribution >= 4 is 32.4 Å². The predicted octanol–water partition coefficient (Wildman–Crippen LogP) is 10.1. The van der Waals surface area contributed by atoms with E-state index >= 15 is 0 Å². The summed E-state index contributed by atoms with van der Waals surface area (Å²) in [5.41, 5.74) is 5.97. The first-order valence-corrected chi connectivity index (χ1v) is 22.3. The number of hydrogen-bond donors (Lipinski definition) is 0. The number of nitrogens with zero attached hydrogens (tertiary/aromatic N) is 3. The molecule has 0 bridgehead atoms. The second-order valence-corrected chi connectivity index (χ2v) is 18.2. The maximum absolute atomic E-state index is 14.6. The summed E-state index contributed by atoms with van der Waals surface area (Å²) < 4.78 is 51.5.